The minimum absolute atomic E-state index is 0.0261. The minimum Gasteiger partial charge on any atom is -0.410 e. The van der Waals surface area contributed by atoms with Crippen LogP contribution >= 0.6 is 22.6 Å². The van der Waals surface area contributed by atoms with Gasteiger partial charge >= 0.3 is 6.18 Å². The number of halogens is 4. The van der Waals surface area contributed by atoms with E-state index in [0.717, 1.165) is 55.1 Å². The summed E-state index contributed by atoms with van der Waals surface area (Å²) in [6.45, 7) is 20.3. The second kappa shape index (κ2) is 10.3. The SMILES string of the molecule is CC(C)c1nc2c(c3c1[C@@H](c1ccc(C(F)(F)F)nc1)OC31CCCC1I)C(O[Si](C)(C)C(C)(C)C)CC(C)(C)C2. The number of rotatable bonds is 4. The Morgan fingerprint density at radius 2 is 1.80 bits per heavy atom. The Morgan fingerprint density at radius 1 is 1.12 bits per heavy atom. The second-order valence-electron chi connectivity index (χ2n) is 14.9. The van der Waals surface area contributed by atoms with Crippen molar-refractivity contribution in [2.45, 2.75) is 133 Å². The summed E-state index contributed by atoms with van der Waals surface area (Å²) in [5.74, 6) is 0.122. The third-order valence-electron chi connectivity index (χ3n) is 9.78. The number of nitrogens with zero attached hydrogens (tertiary/aromatic N) is 2. The van der Waals surface area contributed by atoms with Crippen LogP contribution < -0.4 is 0 Å². The van der Waals surface area contributed by atoms with Gasteiger partial charge in [0.2, 0.25) is 0 Å². The van der Waals surface area contributed by atoms with Crippen LogP contribution in [0.4, 0.5) is 13.2 Å². The maximum Gasteiger partial charge on any atom is 0.433 e. The first-order chi connectivity index (χ1) is 18.8. The van der Waals surface area contributed by atoms with E-state index in [4.69, 9.17) is 14.1 Å². The molecule has 2 aromatic rings. The molecule has 3 aliphatic rings. The van der Waals surface area contributed by atoms with Crippen LogP contribution in [-0.2, 0) is 27.4 Å². The smallest absolute Gasteiger partial charge is 0.410 e. The van der Waals surface area contributed by atoms with Gasteiger partial charge in [-0.25, -0.2) is 0 Å². The molecule has 2 aromatic heterocycles. The van der Waals surface area contributed by atoms with Gasteiger partial charge in [-0.15, -0.1) is 0 Å². The summed E-state index contributed by atoms with van der Waals surface area (Å²) in [5.41, 5.74) is 4.79. The lowest BCUT2D eigenvalue weighted by atomic mass is 9.70. The third kappa shape index (κ3) is 5.43. The van der Waals surface area contributed by atoms with Crippen molar-refractivity contribution in [2.75, 3.05) is 0 Å². The van der Waals surface area contributed by atoms with E-state index in [1.165, 1.54) is 23.4 Å². The van der Waals surface area contributed by atoms with Crippen LogP contribution in [0.1, 0.15) is 132 Å². The van der Waals surface area contributed by atoms with Crippen molar-refractivity contribution in [3.63, 3.8) is 0 Å². The molecule has 4 atom stereocenters. The van der Waals surface area contributed by atoms with Gasteiger partial charge in [0.05, 0.1) is 6.10 Å². The summed E-state index contributed by atoms with van der Waals surface area (Å²) in [5, 5.41) is 0.0466. The minimum atomic E-state index is -4.49. The fourth-order valence-electron chi connectivity index (χ4n) is 6.73. The van der Waals surface area contributed by atoms with Crippen LogP contribution in [0.2, 0.25) is 18.1 Å². The van der Waals surface area contributed by atoms with Gasteiger partial charge in [0, 0.05) is 43.8 Å². The van der Waals surface area contributed by atoms with Gasteiger partial charge in [-0.3, -0.25) is 9.97 Å². The van der Waals surface area contributed by atoms with E-state index in [2.05, 4.69) is 89.1 Å². The lowest BCUT2D eigenvalue weighted by Gasteiger charge is -2.45. The van der Waals surface area contributed by atoms with Crippen LogP contribution in [0.5, 0.6) is 0 Å². The molecule has 5 rings (SSSR count). The quantitative estimate of drug-likeness (QED) is 0.181. The predicted octanol–water partition coefficient (Wildman–Crippen LogP) is 9.96. The van der Waals surface area contributed by atoms with Crippen LogP contribution in [0, 0.1) is 5.41 Å². The molecule has 226 valence electrons. The first-order valence-corrected chi connectivity index (χ1v) is 19.0. The molecular formula is C32H44F3IN2O2Si. The summed E-state index contributed by atoms with van der Waals surface area (Å²) >= 11 is 2.55. The lowest BCUT2D eigenvalue weighted by molar-refractivity contribution is -0.141. The molecule has 2 aliphatic carbocycles. The summed E-state index contributed by atoms with van der Waals surface area (Å²) in [6.07, 6.45) is 0.949. The highest BCUT2D eigenvalue weighted by Gasteiger charge is 2.57. The molecule has 41 heavy (non-hydrogen) atoms. The Morgan fingerprint density at radius 3 is 2.32 bits per heavy atom. The zero-order chi connectivity index (χ0) is 30.3. The number of fused-ring (bicyclic) bond motifs is 4. The van der Waals surface area contributed by atoms with E-state index in [0.29, 0.717) is 5.56 Å². The highest BCUT2D eigenvalue weighted by Crippen LogP contribution is 2.62. The van der Waals surface area contributed by atoms with Crippen molar-refractivity contribution in [3.05, 3.63) is 57.7 Å². The molecule has 0 radical (unpaired) electrons. The van der Waals surface area contributed by atoms with Gasteiger partial charge in [-0.2, -0.15) is 13.2 Å². The predicted molar refractivity (Wildman–Crippen MR) is 167 cm³/mol. The summed E-state index contributed by atoms with van der Waals surface area (Å²) in [4.78, 5) is 9.21. The molecule has 3 heterocycles. The van der Waals surface area contributed by atoms with Gasteiger partial charge in [-0.1, -0.05) is 77.1 Å². The Labute approximate surface area is 257 Å². The van der Waals surface area contributed by atoms with Gasteiger partial charge < -0.3 is 9.16 Å². The fourth-order valence-corrected chi connectivity index (χ4v) is 9.20. The monoisotopic (exact) mass is 700 g/mol. The van der Waals surface area contributed by atoms with Crippen molar-refractivity contribution in [1.82, 2.24) is 9.97 Å². The number of hydrogen-bond donors (Lipinski definition) is 0. The number of hydrogen-bond acceptors (Lipinski definition) is 4. The molecule has 0 bridgehead atoms. The van der Waals surface area contributed by atoms with Gasteiger partial charge in [0.1, 0.15) is 17.4 Å². The second-order valence-corrected chi connectivity index (χ2v) is 21.2. The molecule has 0 amide bonds. The Balaban J connectivity index is 1.78. The molecule has 0 N–H and O–H groups in total. The maximum absolute atomic E-state index is 13.4. The van der Waals surface area contributed by atoms with Crippen LogP contribution in [-0.4, -0.2) is 22.2 Å². The van der Waals surface area contributed by atoms with Crippen LogP contribution in [0.25, 0.3) is 0 Å². The standard InChI is InChI=1S/C32H44F3IN2O2Si/c1-18(2)27-25-26(24-20(38-27)15-30(6,7)16-21(24)40-41(8,9)29(3,4)5)31(14-10-11-22(31)36)39-28(25)19-12-13-23(37-17-19)32(33,34)35/h12-13,17-18,21-22,28H,10-11,14-16H2,1-9H3/t21?,22?,28-,31?/m1/s1. The first kappa shape index (κ1) is 31.4. The average Bonchev–Trinajstić information content (AvgIpc) is 3.37. The Kier molecular flexibility index (Phi) is 7.85. The molecule has 0 aromatic carbocycles. The fraction of sp³-hybridized carbons (Fsp3) is 0.688. The Hall–Kier alpha value is -1.04. The van der Waals surface area contributed by atoms with E-state index in [9.17, 15) is 13.2 Å². The molecular weight excluding hydrogens is 656 g/mol. The zero-order valence-electron chi connectivity index (χ0n) is 25.8. The van der Waals surface area contributed by atoms with Crippen LogP contribution in [0.15, 0.2) is 18.3 Å². The van der Waals surface area contributed by atoms with E-state index in [-0.39, 0.29) is 26.4 Å². The van der Waals surface area contributed by atoms with Crippen LogP contribution in [0.3, 0.4) is 0 Å². The normalized spacial score (nSPS) is 27.9. The highest BCUT2D eigenvalue weighted by atomic mass is 127. The summed E-state index contributed by atoms with van der Waals surface area (Å²) < 4.78 is 54.8. The highest BCUT2D eigenvalue weighted by molar-refractivity contribution is 14.1. The topological polar surface area (TPSA) is 44.2 Å². The summed E-state index contributed by atoms with van der Waals surface area (Å²) in [7, 11) is -2.15. The van der Waals surface area contributed by atoms with Crippen molar-refractivity contribution < 1.29 is 22.3 Å². The molecule has 9 heteroatoms. The van der Waals surface area contributed by atoms with Crippen molar-refractivity contribution in [2.24, 2.45) is 5.41 Å². The van der Waals surface area contributed by atoms with E-state index >= 15 is 0 Å². The average molecular weight is 701 g/mol. The molecule has 1 fully saturated rings. The molecule has 0 saturated heterocycles. The first-order valence-electron chi connectivity index (χ1n) is 14.9. The molecule has 1 spiro atoms. The van der Waals surface area contributed by atoms with E-state index < -0.39 is 31.9 Å². The molecule has 1 saturated carbocycles. The van der Waals surface area contributed by atoms with Crippen molar-refractivity contribution in [1.29, 1.82) is 0 Å². The van der Waals surface area contributed by atoms with Crippen molar-refractivity contribution >= 4 is 30.9 Å². The number of aromatic nitrogens is 2. The number of ether oxygens (including phenoxy) is 1. The molecule has 4 nitrogen and oxygen atoms in total. The number of alkyl halides is 4. The van der Waals surface area contributed by atoms with E-state index in [1.54, 1.807) is 0 Å². The Bertz CT molecular complexity index is 1320. The lowest BCUT2D eigenvalue weighted by Crippen LogP contribution is -2.44. The van der Waals surface area contributed by atoms with Crippen molar-refractivity contribution in [3.8, 4) is 0 Å². The molecule has 3 unspecified atom stereocenters. The number of pyridine rings is 2. The third-order valence-corrected chi connectivity index (χ3v) is 15.9. The molecule has 1 aliphatic heterocycles. The summed E-state index contributed by atoms with van der Waals surface area (Å²) in [6, 6.07) is 2.61. The zero-order valence-corrected chi connectivity index (χ0v) is 29.0. The van der Waals surface area contributed by atoms with Gasteiger partial charge in [0.15, 0.2) is 8.32 Å². The van der Waals surface area contributed by atoms with Gasteiger partial charge in [-0.05, 0) is 67.6 Å². The van der Waals surface area contributed by atoms with Gasteiger partial charge in [0.25, 0.3) is 0 Å². The largest absolute Gasteiger partial charge is 0.433 e. The van der Waals surface area contributed by atoms with E-state index in [1.807, 2.05) is 0 Å². The maximum atomic E-state index is 13.4.